The summed E-state index contributed by atoms with van der Waals surface area (Å²) in [6.45, 7) is 9.99. The van der Waals surface area contributed by atoms with Gasteiger partial charge in [-0.05, 0) is 51.3 Å². The third-order valence-corrected chi connectivity index (χ3v) is 4.28. The fourth-order valence-electron chi connectivity index (χ4n) is 2.84. The monoisotopic (exact) mass is 300 g/mol. The van der Waals surface area contributed by atoms with E-state index in [1.54, 1.807) is 0 Å². The van der Waals surface area contributed by atoms with Gasteiger partial charge in [0.15, 0.2) is 0 Å². The van der Waals surface area contributed by atoms with Crippen LogP contribution in [0, 0.1) is 26.7 Å². The molecule has 118 valence electrons. The van der Waals surface area contributed by atoms with Crippen LogP contribution in [-0.2, 0) is 6.54 Å². The maximum atomic E-state index is 5.67. The molecule has 0 amide bonds. The number of pyridine rings is 1. The molecule has 3 heterocycles. The first-order valence-corrected chi connectivity index (χ1v) is 7.92. The summed E-state index contributed by atoms with van der Waals surface area (Å²) >= 11 is 0. The van der Waals surface area contributed by atoms with Gasteiger partial charge in [0.25, 0.3) is 0 Å². The number of rotatable bonds is 5. The van der Waals surface area contributed by atoms with Crippen molar-refractivity contribution in [2.45, 2.75) is 33.7 Å². The molecule has 1 unspecified atom stereocenters. The first-order valence-electron chi connectivity index (χ1n) is 7.92. The van der Waals surface area contributed by atoms with Gasteiger partial charge in [0.2, 0.25) is 5.89 Å². The van der Waals surface area contributed by atoms with Gasteiger partial charge in [0.1, 0.15) is 11.6 Å². The van der Waals surface area contributed by atoms with Crippen molar-refractivity contribution in [3.05, 3.63) is 41.2 Å². The van der Waals surface area contributed by atoms with Gasteiger partial charge in [-0.2, -0.15) is 0 Å². The summed E-state index contributed by atoms with van der Waals surface area (Å²) < 4.78 is 5.67. The van der Waals surface area contributed by atoms with Crippen molar-refractivity contribution in [3.63, 3.8) is 0 Å². The van der Waals surface area contributed by atoms with Crippen molar-refractivity contribution in [2.24, 2.45) is 5.92 Å². The average Bonchev–Trinajstić information content (AvgIpc) is 3.06. The van der Waals surface area contributed by atoms with Crippen LogP contribution in [0.1, 0.15) is 29.3 Å². The van der Waals surface area contributed by atoms with E-state index in [1.165, 1.54) is 12.0 Å². The quantitative estimate of drug-likeness (QED) is 0.920. The fourth-order valence-corrected chi connectivity index (χ4v) is 2.84. The van der Waals surface area contributed by atoms with Gasteiger partial charge in [-0.3, -0.25) is 4.90 Å². The van der Waals surface area contributed by atoms with E-state index in [-0.39, 0.29) is 0 Å². The molecular weight excluding hydrogens is 276 g/mol. The zero-order valence-corrected chi connectivity index (χ0v) is 13.6. The molecule has 3 rings (SSSR count). The van der Waals surface area contributed by atoms with Crippen molar-refractivity contribution in [3.8, 4) is 0 Å². The SMILES string of the molecule is Cc1ccc(NCC2CCN(Cc3nc(C)c(C)o3)C2)nc1. The topological polar surface area (TPSA) is 54.2 Å². The molecule has 22 heavy (non-hydrogen) atoms. The summed E-state index contributed by atoms with van der Waals surface area (Å²) in [5.74, 6) is 3.38. The van der Waals surface area contributed by atoms with Crippen molar-refractivity contribution < 1.29 is 4.42 Å². The second-order valence-electron chi connectivity index (χ2n) is 6.24. The van der Waals surface area contributed by atoms with Gasteiger partial charge in [-0.15, -0.1) is 0 Å². The molecule has 0 spiro atoms. The van der Waals surface area contributed by atoms with Gasteiger partial charge < -0.3 is 9.73 Å². The number of oxazole rings is 1. The van der Waals surface area contributed by atoms with Crippen LogP contribution in [0.5, 0.6) is 0 Å². The van der Waals surface area contributed by atoms with Crippen LogP contribution in [0.4, 0.5) is 5.82 Å². The average molecular weight is 300 g/mol. The maximum absolute atomic E-state index is 5.67. The van der Waals surface area contributed by atoms with E-state index in [2.05, 4.69) is 33.2 Å². The van der Waals surface area contributed by atoms with Crippen molar-refractivity contribution in [1.29, 1.82) is 0 Å². The molecule has 2 aromatic heterocycles. The van der Waals surface area contributed by atoms with Crippen LogP contribution < -0.4 is 5.32 Å². The Balaban J connectivity index is 1.46. The molecule has 5 heteroatoms. The molecule has 1 aliphatic heterocycles. The molecule has 0 bridgehead atoms. The fraction of sp³-hybridized carbons (Fsp3) is 0.529. The number of anilines is 1. The number of likely N-dealkylation sites (tertiary alicyclic amines) is 1. The summed E-state index contributed by atoms with van der Waals surface area (Å²) in [5.41, 5.74) is 2.19. The van der Waals surface area contributed by atoms with Gasteiger partial charge in [0.05, 0.1) is 12.2 Å². The van der Waals surface area contributed by atoms with E-state index in [0.29, 0.717) is 5.92 Å². The van der Waals surface area contributed by atoms with Crippen LogP contribution in [0.3, 0.4) is 0 Å². The van der Waals surface area contributed by atoms with Crippen LogP contribution in [0.15, 0.2) is 22.7 Å². The molecular formula is C17H24N4O. The minimum Gasteiger partial charge on any atom is -0.444 e. The minimum atomic E-state index is 0.653. The molecule has 0 radical (unpaired) electrons. The summed E-state index contributed by atoms with van der Waals surface area (Å²) in [5, 5.41) is 3.43. The molecule has 1 saturated heterocycles. The standard InChI is InChI=1S/C17H24N4O/c1-12-4-5-16(18-8-12)19-9-15-6-7-21(10-15)11-17-20-13(2)14(3)22-17/h4-5,8,15H,6-7,9-11H2,1-3H3,(H,18,19). The second-order valence-corrected chi connectivity index (χ2v) is 6.24. The summed E-state index contributed by atoms with van der Waals surface area (Å²) in [4.78, 5) is 11.3. The summed E-state index contributed by atoms with van der Waals surface area (Å²) in [6, 6.07) is 4.13. The summed E-state index contributed by atoms with van der Waals surface area (Å²) in [6.07, 6.45) is 3.11. The lowest BCUT2D eigenvalue weighted by atomic mass is 10.1. The molecule has 1 N–H and O–H groups in total. The van der Waals surface area contributed by atoms with Crippen molar-refractivity contribution in [2.75, 3.05) is 25.0 Å². The lowest BCUT2D eigenvalue weighted by Gasteiger charge is -2.14. The third kappa shape index (κ3) is 3.65. The number of nitrogens with zero attached hydrogens (tertiary/aromatic N) is 3. The Morgan fingerprint density at radius 2 is 2.18 bits per heavy atom. The predicted octanol–water partition coefficient (Wildman–Crippen LogP) is 2.93. The summed E-state index contributed by atoms with van der Waals surface area (Å²) in [7, 11) is 0. The maximum Gasteiger partial charge on any atom is 0.208 e. The van der Waals surface area contributed by atoms with Crippen LogP contribution >= 0.6 is 0 Å². The van der Waals surface area contributed by atoms with Crippen LogP contribution in [-0.4, -0.2) is 34.5 Å². The molecule has 5 nitrogen and oxygen atoms in total. The Bertz CT molecular complexity index is 601. The Morgan fingerprint density at radius 1 is 1.32 bits per heavy atom. The molecule has 1 fully saturated rings. The Kier molecular flexibility index (Phi) is 4.43. The molecule has 1 atom stereocenters. The van der Waals surface area contributed by atoms with Gasteiger partial charge >= 0.3 is 0 Å². The lowest BCUT2D eigenvalue weighted by molar-refractivity contribution is 0.279. The van der Waals surface area contributed by atoms with Gasteiger partial charge in [-0.25, -0.2) is 9.97 Å². The normalized spacial score (nSPS) is 18.8. The minimum absolute atomic E-state index is 0.653. The zero-order valence-electron chi connectivity index (χ0n) is 13.6. The van der Waals surface area contributed by atoms with Crippen LogP contribution in [0.25, 0.3) is 0 Å². The van der Waals surface area contributed by atoms with E-state index < -0.39 is 0 Å². The van der Waals surface area contributed by atoms with Gasteiger partial charge in [0, 0.05) is 19.3 Å². The van der Waals surface area contributed by atoms with Crippen molar-refractivity contribution in [1.82, 2.24) is 14.9 Å². The molecule has 0 aromatic carbocycles. The zero-order chi connectivity index (χ0) is 15.5. The van der Waals surface area contributed by atoms with E-state index in [9.17, 15) is 0 Å². The molecule has 0 saturated carbocycles. The number of aromatic nitrogens is 2. The first kappa shape index (κ1) is 15.0. The number of hydrogen-bond donors (Lipinski definition) is 1. The highest BCUT2D eigenvalue weighted by atomic mass is 16.4. The number of aryl methyl sites for hydroxylation is 3. The van der Waals surface area contributed by atoms with E-state index in [4.69, 9.17) is 4.42 Å². The van der Waals surface area contributed by atoms with E-state index in [1.807, 2.05) is 26.1 Å². The highest BCUT2D eigenvalue weighted by molar-refractivity contribution is 5.35. The van der Waals surface area contributed by atoms with E-state index >= 15 is 0 Å². The Hall–Kier alpha value is -1.88. The number of nitrogens with one attached hydrogen (secondary N) is 1. The van der Waals surface area contributed by atoms with Crippen LogP contribution in [0.2, 0.25) is 0 Å². The molecule has 0 aliphatic carbocycles. The first-order chi connectivity index (χ1) is 10.6. The second kappa shape index (κ2) is 6.48. The number of hydrogen-bond acceptors (Lipinski definition) is 5. The highest BCUT2D eigenvalue weighted by Crippen LogP contribution is 2.20. The predicted molar refractivity (Wildman–Crippen MR) is 86.8 cm³/mol. The van der Waals surface area contributed by atoms with Crippen molar-refractivity contribution >= 4 is 5.82 Å². The molecule has 2 aromatic rings. The lowest BCUT2D eigenvalue weighted by Crippen LogP contribution is -2.23. The van der Waals surface area contributed by atoms with E-state index in [0.717, 1.165) is 49.3 Å². The smallest absolute Gasteiger partial charge is 0.208 e. The highest BCUT2D eigenvalue weighted by Gasteiger charge is 2.23. The third-order valence-electron chi connectivity index (χ3n) is 4.28. The Labute approximate surface area is 131 Å². The van der Waals surface area contributed by atoms with Gasteiger partial charge in [-0.1, -0.05) is 6.07 Å². The molecule has 1 aliphatic rings. The largest absolute Gasteiger partial charge is 0.444 e. The Morgan fingerprint density at radius 3 is 2.86 bits per heavy atom.